The number of thiophene rings is 1. The summed E-state index contributed by atoms with van der Waals surface area (Å²) in [5.41, 5.74) is 0.897. The Balaban J connectivity index is 2.62. The first-order valence-corrected chi connectivity index (χ1v) is 4.67. The van der Waals surface area contributed by atoms with Crippen LogP contribution < -0.4 is 0 Å². The highest BCUT2D eigenvalue weighted by molar-refractivity contribution is 7.10. The zero-order valence-corrected chi connectivity index (χ0v) is 7.75. The molecule has 70 valence electrons. The molecule has 3 nitrogen and oxygen atoms in total. The van der Waals surface area contributed by atoms with E-state index in [1.807, 2.05) is 11.4 Å². The van der Waals surface area contributed by atoms with E-state index in [-0.39, 0.29) is 13.0 Å². The van der Waals surface area contributed by atoms with Gasteiger partial charge in [0.1, 0.15) is 0 Å². The molecular weight excluding hydrogens is 188 g/mol. The van der Waals surface area contributed by atoms with Crippen molar-refractivity contribution in [2.24, 2.45) is 0 Å². The van der Waals surface area contributed by atoms with E-state index in [2.05, 4.69) is 0 Å². The molecule has 0 unspecified atom stereocenters. The van der Waals surface area contributed by atoms with Crippen molar-refractivity contribution in [1.29, 1.82) is 0 Å². The Morgan fingerprint density at radius 1 is 1.62 bits per heavy atom. The molecule has 0 radical (unpaired) electrons. The van der Waals surface area contributed by atoms with Gasteiger partial charge in [-0.3, -0.25) is 4.79 Å². The van der Waals surface area contributed by atoms with Crippen LogP contribution in [0.25, 0.3) is 6.08 Å². The van der Waals surface area contributed by atoms with Crippen LogP contribution in [0.3, 0.4) is 0 Å². The van der Waals surface area contributed by atoms with E-state index in [1.165, 1.54) is 11.3 Å². The Kier molecular flexibility index (Phi) is 3.67. The zero-order valence-electron chi connectivity index (χ0n) is 6.93. The molecule has 1 rings (SSSR count). The number of aliphatic carboxylic acids is 1. The normalized spacial score (nSPS) is 10.8. The predicted molar refractivity (Wildman–Crippen MR) is 51.5 cm³/mol. The molecular formula is C9H10O3S. The summed E-state index contributed by atoms with van der Waals surface area (Å²) in [6, 6.07) is 1.86. The van der Waals surface area contributed by atoms with Gasteiger partial charge in [-0.15, -0.1) is 11.3 Å². The highest BCUT2D eigenvalue weighted by Gasteiger charge is 1.98. The van der Waals surface area contributed by atoms with E-state index < -0.39 is 5.97 Å². The summed E-state index contributed by atoms with van der Waals surface area (Å²) >= 11 is 1.46. The average Bonchev–Trinajstić information content (AvgIpc) is 2.51. The minimum absolute atomic E-state index is 0.00438. The molecule has 1 heterocycles. The van der Waals surface area contributed by atoms with E-state index in [9.17, 15) is 4.79 Å². The molecule has 1 aromatic rings. The fourth-order valence-electron chi connectivity index (χ4n) is 0.914. The lowest BCUT2D eigenvalue weighted by atomic mass is 10.2. The van der Waals surface area contributed by atoms with Gasteiger partial charge in [-0.1, -0.05) is 12.2 Å². The molecule has 0 saturated heterocycles. The number of aliphatic hydroxyl groups is 1. The maximum atomic E-state index is 10.2. The molecule has 0 saturated carbocycles. The zero-order chi connectivity index (χ0) is 9.68. The monoisotopic (exact) mass is 198 g/mol. The summed E-state index contributed by atoms with van der Waals surface area (Å²) in [4.78, 5) is 11.0. The predicted octanol–water partition coefficient (Wildman–Crippen LogP) is 1.73. The van der Waals surface area contributed by atoms with Crippen LogP contribution in [0.5, 0.6) is 0 Å². The maximum Gasteiger partial charge on any atom is 0.307 e. The van der Waals surface area contributed by atoms with Crippen LogP contribution in [-0.4, -0.2) is 16.2 Å². The second-order valence-electron chi connectivity index (χ2n) is 2.46. The number of carboxylic acids is 1. The third kappa shape index (κ3) is 3.01. The highest BCUT2D eigenvalue weighted by atomic mass is 32.1. The standard InChI is InChI=1S/C9H10O3S/c10-6-8-7(4-5-13-8)2-1-3-9(11)12/h1-2,4-5,10H,3,6H2,(H,11,12). The smallest absolute Gasteiger partial charge is 0.307 e. The molecule has 0 aliphatic carbocycles. The van der Waals surface area contributed by atoms with Gasteiger partial charge in [0.25, 0.3) is 0 Å². The minimum Gasteiger partial charge on any atom is -0.481 e. The van der Waals surface area contributed by atoms with Crippen LogP contribution >= 0.6 is 11.3 Å². The summed E-state index contributed by atoms with van der Waals surface area (Å²) in [5.74, 6) is -0.850. The number of hydrogen-bond donors (Lipinski definition) is 2. The molecule has 0 atom stereocenters. The third-order valence-electron chi connectivity index (χ3n) is 1.51. The van der Waals surface area contributed by atoms with Gasteiger partial charge in [0.2, 0.25) is 0 Å². The Bertz CT molecular complexity index is 314. The number of carbonyl (C=O) groups is 1. The van der Waals surface area contributed by atoms with Gasteiger partial charge in [-0.25, -0.2) is 0 Å². The van der Waals surface area contributed by atoms with Crippen molar-refractivity contribution in [1.82, 2.24) is 0 Å². The molecule has 4 heteroatoms. The van der Waals surface area contributed by atoms with Crippen molar-refractivity contribution in [3.05, 3.63) is 28.0 Å². The molecule has 1 aromatic heterocycles. The Hall–Kier alpha value is -1.13. The summed E-state index contributed by atoms with van der Waals surface area (Å²) in [6.07, 6.45) is 3.31. The lowest BCUT2D eigenvalue weighted by Crippen LogP contribution is -1.89. The van der Waals surface area contributed by atoms with Gasteiger partial charge in [-0.2, -0.15) is 0 Å². The highest BCUT2D eigenvalue weighted by Crippen LogP contribution is 2.18. The van der Waals surface area contributed by atoms with Crippen molar-refractivity contribution in [2.75, 3.05) is 0 Å². The molecule has 0 bridgehead atoms. The lowest BCUT2D eigenvalue weighted by molar-refractivity contribution is -0.135. The number of rotatable bonds is 4. The number of hydrogen-bond acceptors (Lipinski definition) is 3. The topological polar surface area (TPSA) is 57.5 Å². The van der Waals surface area contributed by atoms with Gasteiger partial charge in [0.05, 0.1) is 13.0 Å². The second kappa shape index (κ2) is 4.79. The van der Waals surface area contributed by atoms with Crippen molar-refractivity contribution in [3.63, 3.8) is 0 Å². The largest absolute Gasteiger partial charge is 0.481 e. The number of carboxylic acid groups (broad SMARTS) is 1. The number of aliphatic hydroxyl groups excluding tert-OH is 1. The van der Waals surface area contributed by atoms with Crippen LogP contribution in [-0.2, 0) is 11.4 Å². The molecule has 0 spiro atoms. The van der Waals surface area contributed by atoms with E-state index >= 15 is 0 Å². The Labute approximate surface area is 80.0 Å². The van der Waals surface area contributed by atoms with Gasteiger partial charge in [-0.05, 0) is 17.0 Å². The molecule has 2 N–H and O–H groups in total. The van der Waals surface area contributed by atoms with Crippen molar-refractivity contribution in [3.8, 4) is 0 Å². The van der Waals surface area contributed by atoms with Crippen LogP contribution in [0.4, 0.5) is 0 Å². The summed E-state index contributed by atoms with van der Waals surface area (Å²) in [6.45, 7) is 0.00438. The Morgan fingerprint density at radius 2 is 2.38 bits per heavy atom. The van der Waals surface area contributed by atoms with E-state index in [0.29, 0.717) is 0 Å². The van der Waals surface area contributed by atoms with Gasteiger partial charge < -0.3 is 10.2 Å². The van der Waals surface area contributed by atoms with Crippen LogP contribution in [0, 0.1) is 0 Å². The summed E-state index contributed by atoms with van der Waals surface area (Å²) in [7, 11) is 0. The molecule has 0 aliphatic heterocycles. The van der Waals surface area contributed by atoms with Crippen molar-refractivity contribution >= 4 is 23.4 Å². The first-order valence-electron chi connectivity index (χ1n) is 3.79. The van der Waals surface area contributed by atoms with E-state index in [0.717, 1.165) is 10.4 Å². The molecule has 0 aromatic carbocycles. The Morgan fingerprint density at radius 3 is 3.00 bits per heavy atom. The SMILES string of the molecule is O=C(O)CC=Cc1ccsc1CO. The summed E-state index contributed by atoms with van der Waals surface area (Å²) in [5, 5.41) is 19.1. The van der Waals surface area contributed by atoms with Crippen LogP contribution in [0.2, 0.25) is 0 Å². The molecule has 0 fully saturated rings. The minimum atomic E-state index is -0.850. The summed E-state index contributed by atoms with van der Waals surface area (Å²) < 4.78 is 0. The van der Waals surface area contributed by atoms with E-state index in [4.69, 9.17) is 10.2 Å². The maximum absolute atomic E-state index is 10.2. The average molecular weight is 198 g/mol. The lowest BCUT2D eigenvalue weighted by Gasteiger charge is -1.91. The van der Waals surface area contributed by atoms with Crippen molar-refractivity contribution in [2.45, 2.75) is 13.0 Å². The van der Waals surface area contributed by atoms with Gasteiger partial charge in [0, 0.05) is 4.88 Å². The molecule has 13 heavy (non-hydrogen) atoms. The fraction of sp³-hybridized carbons (Fsp3) is 0.222. The van der Waals surface area contributed by atoms with Crippen LogP contribution in [0.1, 0.15) is 16.9 Å². The molecule has 0 amide bonds. The van der Waals surface area contributed by atoms with Gasteiger partial charge >= 0.3 is 5.97 Å². The fourth-order valence-corrected chi connectivity index (χ4v) is 1.64. The first kappa shape index (κ1) is 9.95. The molecule has 0 aliphatic rings. The van der Waals surface area contributed by atoms with Gasteiger partial charge in [0.15, 0.2) is 0 Å². The van der Waals surface area contributed by atoms with E-state index in [1.54, 1.807) is 12.2 Å². The first-order chi connectivity index (χ1) is 6.24. The van der Waals surface area contributed by atoms with Crippen molar-refractivity contribution < 1.29 is 15.0 Å². The third-order valence-corrected chi connectivity index (χ3v) is 2.43. The second-order valence-corrected chi connectivity index (χ2v) is 3.46. The van der Waals surface area contributed by atoms with Crippen LogP contribution in [0.15, 0.2) is 17.5 Å². The quantitative estimate of drug-likeness (QED) is 0.774.